The number of nitrogens with zero attached hydrogens (tertiary/aromatic N) is 3. The molecule has 1 saturated heterocycles. The van der Waals surface area contributed by atoms with Gasteiger partial charge in [-0.2, -0.15) is 0 Å². The second-order valence-corrected chi connectivity index (χ2v) is 7.26. The predicted octanol–water partition coefficient (Wildman–Crippen LogP) is 2.96. The molecule has 25 heavy (non-hydrogen) atoms. The van der Waals surface area contributed by atoms with Crippen LogP contribution >= 0.6 is 11.3 Å². The molecule has 3 rings (SSSR count). The fourth-order valence-electron chi connectivity index (χ4n) is 2.88. The highest BCUT2D eigenvalue weighted by Gasteiger charge is 2.29. The molecule has 1 aliphatic rings. The van der Waals surface area contributed by atoms with E-state index in [2.05, 4.69) is 22.4 Å². The molecule has 1 fully saturated rings. The van der Waals surface area contributed by atoms with E-state index in [1.54, 1.807) is 11.0 Å². The van der Waals surface area contributed by atoms with Crippen molar-refractivity contribution in [1.82, 2.24) is 15.1 Å². The number of hydrogen-bond donors (Lipinski definition) is 1. The number of piperidine rings is 1. The summed E-state index contributed by atoms with van der Waals surface area (Å²) >= 11 is 1.42. The average Bonchev–Trinajstić information content (AvgIpc) is 3.31. The van der Waals surface area contributed by atoms with Crippen LogP contribution in [0.15, 0.2) is 23.0 Å². The second-order valence-electron chi connectivity index (χ2n) is 6.20. The summed E-state index contributed by atoms with van der Waals surface area (Å²) in [5.41, 5.74) is 0.519. The average molecular weight is 362 g/mol. The van der Waals surface area contributed by atoms with Gasteiger partial charge in [0.2, 0.25) is 11.0 Å². The summed E-state index contributed by atoms with van der Waals surface area (Å²) in [5, 5.41) is 12.5. The van der Waals surface area contributed by atoms with Crippen molar-refractivity contribution in [3.63, 3.8) is 0 Å². The summed E-state index contributed by atoms with van der Waals surface area (Å²) < 4.78 is 4.97. The Morgan fingerprint density at radius 1 is 1.44 bits per heavy atom. The van der Waals surface area contributed by atoms with Gasteiger partial charge in [0.25, 0.3) is 5.91 Å². The highest BCUT2D eigenvalue weighted by molar-refractivity contribution is 7.15. The van der Waals surface area contributed by atoms with Gasteiger partial charge in [-0.05, 0) is 25.3 Å². The lowest BCUT2D eigenvalue weighted by molar-refractivity contribution is -0.121. The van der Waals surface area contributed by atoms with Crippen LogP contribution in [-0.4, -0.2) is 40.0 Å². The van der Waals surface area contributed by atoms with E-state index in [1.807, 2.05) is 0 Å². The van der Waals surface area contributed by atoms with Gasteiger partial charge in [0.1, 0.15) is 11.3 Å². The number of rotatable bonds is 6. The van der Waals surface area contributed by atoms with Crippen LogP contribution in [0.1, 0.15) is 48.0 Å². The van der Waals surface area contributed by atoms with Crippen LogP contribution in [0.25, 0.3) is 0 Å². The molecule has 1 aliphatic heterocycles. The van der Waals surface area contributed by atoms with Crippen molar-refractivity contribution in [1.29, 1.82) is 0 Å². The Kier molecular flexibility index (Phi) is 5.80. The van der Waals surface area contributed by atoms with Crippen LogP contribution in [0.3, 0.4) is 0 Å². The third kappa shape index (κ3) is 4.45. The number of furan rings is 1. The molecule has 0 spiro atoms. The molecule has 0 unspecified atom stereocenters. The number of nitrogens with one attached hydrogen (secondary N) is 1. The highest BCUT2D eigenvalue weighted by atomic mass is 32.1. The maximum absolute atomic E-state index is 12.5. The van der Waals surface area contributed by atoms with Crippen molar-refractivity contribution in [2.24, 2.45) is 5.92 Å². The molecular weight excluding hydrogens is 340 g/mol. The second kappa shape index (κ2) is 8.24. The lowest BCUT2D eigenvalue weighted by Crippen LogP contribution is -2.43. The molecule has 0 aromatic carbocycles. The van der Waals surface area contributed by atoms with E-state index in [4.69, 9.17) is 4.42 Å². The van der Waals surface area contributed by atoms with Gasteiger partial charge >= 0.3 is 0 Å². The van der Waals surface area contributed by atoms with E-state index < -0.39 is 0 Å². The lowest BCUT2D eigenvalue weighted by Gasteiger charge is -2.31. The molecule has 3 heterocycles. The minimum absolute atomic E-state index is 0.0935. The number of anilines is 1. The molecule has 2 aromatic heterocycles. The number of carbonyl (C=O) groups excluding carboxylic acids is 2. The first-order valence-corrected chi connectivity index (χ1v) is 9.43. The largest absolute Gasteiger partial charge is 0.472 e. The van der Waals surface area contributed by atoms with Gasteiger partial charge in [-0.1, -0.05) is 24.7 Å². The molecule has 134 valence electrons. The predicted molar refractivity (Wildman–Crippen MR) is 94.5 cm³/mol. The Morgan fingerprint density at radius 3 is 3.08 bits per heavy atom. The van der Waals surface area contributed by atoms with E-state index in [0.29, 0.717) is 23.8 Å². The van der Waals surface area contributed by atoms with Gasteiger partial charge in [0.05, 0.1) is 17.7 Å². The first-order valence-electron chi connectivity index (χ1n) is 8.62. The van der Waals surface area contributed by atoms with E-state index >= 15 is 0 Å². The molecule has 1 atom stereocenters. The fraction of sp³-hybridized carbons (Fsp3) is 0.529. The van der Waals surface area contributed by atoms with Gasteiger partial charge in [-0.25, -0.2) is 0 Å². The van der Waals surface area contributed by atoms with Crippen molar-refractivity contribution < 1.29 is 14.0 Å². The monoisotopic (exact) mass is 362 g/mol. The SMILES string of the molecule is CCCCc1nnc(NC(=O)[C@H]2CCCN(C(=O)c3ccoc3)C2)s1. The fourth-order valence-corrected chi connectivity index (χ4v) is 3.67. The summed E-state index contributed by atoms with van der Waals surface area (Å²) in [6.07, 6.45) is 7.54. The van der Waals surface area contributed by atoms with Crippen molar-refractivity contribution in [2.75, 3.05) is 18.4 Å². The van der Waals surface area contributed by atoms with Crippen molar-refractivity contribution in [2.45, 2.75) is 39.0 Å². The Bertz CT molecular complexity index is 713. The maximum atomic E-state index is 12.5. The standard InChI is InChI=1S/C17H22N4O3S/c1-2-3-6-14-19-20-17(25-14)18-15(22)12-5-4-8-21(10-12)16(23)13-7-9-24-11-13/h7,9,11-12H,2-6,8,10H2,1H3,(H,18,20,22)/t12-/m0/s1. The third-order valence-electron chi connectivity index (χ3n) is 4.29. The van der Waals surface area contributed by atoms with Crippen LogP contribution in [0.5, 0.6) is 0 Å². The summed E-state index contributed by atoms with van der Waals surface area (Å²) in [7, 11) is 0. The quantitative estimate of drug-likeness (QED) is 0.853. The molecule has 0 aliphatic carbocycles. The van der Waals surface area contributed by atoms with E-state index in [9.17, 15) is 9.59 Å². The number of amides is 2. The first kappa shape index (κ1) is 17.6. The molecule has 1 N–H and O–H groups in total. The van der Waals surface area contributed by atoms with Crippen LogP contribution in [0.4, 0.5) is 5.13 Å². The van der Waals surface area contributed by atoms with Crippen molar-refractivity contribution in [3.05, 3.63) is 29.2 Å². The smallest absolute Gasteiger partial charge is 0.257 e. The molecular formula is C17H22N4O3S. The van der Waals surface area contributed by atoms with E-state index in [0.717, 1.165) is 37.1 Å². The zero-order valence-corrected chi connectivity index (χ0v) is 15.1. The third-order valence-corrected chi connectivity index (χ3v) is 5.19. The van der Waals surface area contributed by atoms with Crippen LogP contribution in [-0.2, 0) is 11.2 Å². The minimum atomic E-state index is -0.229. The molecule has 0 radical (unpaired) electrons. The number of aryl methyl sites for hydroxylation is 1. The maximum Gasteiger partial charge on any atom is 0.257 e. The topological polar surface area (TPSA) is 88.3 Å². The number of likely N-dealkylation sites (tertiary alicyclic amines) is 1. The summed E-state index contributed by atoms with van der Waals surface area (Å²) in [4.78, 5) is 26.6. The van der Waals surface area contributed by atoms with Gasteiger partial charge in [0.15, 0.2) is 0 Å². The van der Waals surface area contributed by atoms with Crippen molar-refractivity contribution >= 4 is 28.3 Å². The molecule has 2 amide bonds. The van der Waals surface area contributed by atoms with Crippen LogP contribution in [0.2, 0.25) is 0 Å². The zero-order chi connectivity index (χ0) is 17.6. The van der Waals surface area contributed by atoms with Gasteiger partial charge in [-0.3, -0.25) is 9.59 Å². The number of carbonyl (C=O) groups is 2. The number of aromatic nitrogens is 2. The van der Waals surface area contributed by atoms with E-state index in [-0.39, 0.29) is 17.7 Å². The van der Waals surface area contributed by atoms with Crippen LogP contribution < -0.4 is 5.32 Å². The highest BCUT2D eigenvalue weighted by Crippen LogP contribution is 2.22. The Balaban J connectivity index is 1.56. The normalized spacial score (nSPS) is 17.5. The minimum Gasteiger partial charge on any atom is -0.472 e. The number of hydrogen-bond acceptors (Lipinski definition) is 6. The van der Waals surface area contributed by atoms with E-state index in [1.165, 1.54) is 23.9 Å². The molecule has 2 aromatic rings. The lowest BCUT2D eigenvalue weighted by atomic mass is 9.97. The first-order chi connectivity index (χ1) is 12.2. The summed E-state index contributed by atoms with van der Waals surface area (Å²) in [6, 6.07) is 1.64. The number of unbranched alkanes of at least 4 members (excludes halogenated alkanes) is 1. The Morgan fingerprint density at radius 2 is 2.32 bits per heavy atom. The Labute approximate surface area is 150 Å². The van der Waals surface area contributed by atoms with Gasteiger partial charge in [-0.15, -0.1) is 10.2 Å². The molecule has 8 heteroatoms. The molecule has 0 saturated carbocycles. The molecule has 0 bridgehead atoms. The van der Waals surface area contributed by atoms with Crippen LogP contribution in [0, 0.1) is 5.92 Å². The summed E-state index contributed by atoms with van der Waals surface area (Å²) in [6.45, 7) is 3.20. The Hall–Kier alpha value is -2.22. The van der Waals surface area contributed by atoms with Gasteiger partial charge in [0, 0.05) is 19.5 Å². The molecule has 7 nitrogen and oxygen atoms in total. The van der Waals surface area contributed by atoms with Crippen molar-refractivity contribution in [3.8, 4) is 0 Å². The summed E-state index contributed by atoms with van der Waals surface area (Å²) in [5.74, 6) is -0.417. The van der Waals surface area contributed by atoms with Gasteiger partial charge < -0.3 is 14.6 Å². The zero-order valence-electron chi connectivity index (χ0n) is 14.2.